The summed E-state index contributed by atoms with van der Waals surface area (Å²) in [6.07, 6.45) is 10.5. The lowest BCUT2D eigenvalue weighted by Gasteiger charge is -2.60. The molecule has 1 heterocycles. The Morgan fingerprint density at radius 2 is 1.64 bits per heavy atom. The van der Waals surface area contributed by atoms with Crippen molar-refractivity contribution < 1.29 is 0 Å². The van der Waals surface area contributed by atoms with Gasteiger partial charge in [-0.3, -0.25) is 8.29 Å². The Morgan fingerprint density at radius 1 is 1.18 bits per heavy atom. The standard InChI is InChI=1S/C10H24S/c1-6-7-10(2)11(3,4,5)8-9-11/h10H,6-9H2,1-5H3. The quantitative estimate of drug-likeness (QED) is 0.580. The van der Waals surface area contributed by atoms with Crippen LogP contribution < -0.4 is 0 Å². The summed E-state index contributed by atoms with van der Waals surface area (Å²) in [5.74, 6) is 3.06. The van der Waals surface area contributed by atoms with Gasteiger partial charge in [-0.2, -0.15) is 0 Å². The molecule has 0 aromatic heterocycles. The molecular formula is C10H24S. The average molecular weight is 176 g/mol. The highest BCUT2D eigenvalue weighted by Crippen LogP contribution is 2.95. The summed E-state index contributed by atoms with van der Waals surface area (Å²) in [5.41, 5.74) is 0. The van der Waals surface area contributed by atoms with Gasteiger partial charge < -0.3 is 0 Å². The molecule has 0 spiro atoms. The van der Waals surface area contributed by atoms with Crippen LogP contribution in [0.3, 0.4) is 0 Å². The molecule has 0 amide bonds. The minimum atomic E-state index is -1.42. The van der Waals surface area contributed by atoms with Crippen LogP contribution >= 0.6 is 8.29 Å². The molecule has 0 aromatic carbocycles. The highest BCUT2D eigenvalue weighted by molar-refractivity contribution is 8.68. The van der Waals surface area contributed by atoms with Gasteiger partial charge in [-0.15, -0.1) is 0 Å². The zero-order valence-corrected chi connectivity index (χ0v) is 9.63. The van der Waals surface area contributed by atoms with Crippen molar-refractivity contribution in [1.82, 2.24) is 0 Å². The first-order chi connectivity index (χ1) is 4.73. The third-order valence-corrected chi connectivity index (χ3v) is 11.3. The summed E-state index contributed by atoms with van der Waals surface area (Å²) in [7, 11) is -1.42. The van der Waals surface area contributed by atoms with Gasteiger partial charge in [-0.05, 0) is 41.9 Å². The molecule has 0 aromatic rings. The fraction of sp³-hybridized carbons (Fsp3) is 1.00. The monoisotopic (exact) mass is 176 g/mol. The fourth-order valence-corrected chi connectivity index (χ4v) is 6.09. The Bertz CT molecular complexity index is 172. The predicted molar refractivity (Wildman–Crippen MR) is 59.5 cm³/mol. The number of rotatable bonds is 3. The SMILES string of the molecule is CCCC(C)S1(C)(C)(C)CC1. The second-order valence-corrected chi connectivity index (χ2v) is 16.2. The smallest absolute Gasteiger partial charge is 0.0253 e. The van der Waals surface area contributed by atoms with E-state index >= 15 is 0 Å². The van der Waals surface area contributed by atoms with E-state index in [-0.39, 0.29) is 0 Å². The van der Waals surface area contributed by atoms with E-state index in [4.69, 9.17) is 0 Å². The van der Waals surface area contributed by atoms with Crippen LogP contribution in [0.1, 0.15) is 26.7 Å². The molecule has 70 valence electrons. The molecule has 1 saturated heterocycles. The Labute approximate surface area is 71.0 Å². The molecule has 1 fully saturated rings. The highest BCUT2D eigenvalue weighted by atomic mass is 32.4. The van der Waals surface area contributed by atoms with Crippen molar-refractivity contribution in [1.29, 1.82) is 0 Å². The van der Waals surface area contributed by atoms with Gasteiger partial charge in [0.15, 0.2) is 0 Å². The first-order valence-electron chi connectivity index (χ1n) is 4.73. The Kier molecular flexibility index (Phi) is 1.55. The summed E-state index contributed by atoms with van der Waals surface area (Å²) in [6, 6.07) is 0. The molecule has 1 aliphatic heterocycles. The first kappa shape index (κ1) is 9.44. The summed E-state index contributed by atoms with van der Waals surface area (Å²) in [6.45, 7) is 4.78. The largest absolute Gasteiger partial charge is 0.278 e. The highest BCUT2D eigenvalue weighted by Gasteiger charge is 2.62. The molecule has 1 aliphatic rings. The van der Waals surface area contributed by atoms with E-state index in [1.807, 2.05) is 0 Å². The van der Waals surface area contributed by atoms with E-state index < -0.39 is 8.29 Å². The van der Waals surface area contributed by atoms with Gasteiger partial charge in [-0.25, -0.2) is 0 Å². The van der Waals surface area contributed by atoms with Crippen molar-refractivity contribution >= 4 is 8.29 Å². The van der Waals surface area contributed by atoms with Crippen LogP contribution in [-0.4, -0.2) is 35.5 Å². The lowest BCUT2D eigenvalue weighted by Crippen LogP contribution is -2.29. The second kappa shape index (κ2) is 1.81. The van der Waals surface area contributed by atoms with Gasteiger partial charge in [0, 0.05) is 0 Å². The minimum absolute atomic E-state index is 0.986. The normalized spacial score (nSPS) is 39.0. The lowest BCUT2D eigenvalue weighted by molar-refractivity contribution is 0.775. The Hall–Kier alpha value is 0.350. The summed E-state index contributed by atoms with van der Waals surface area (Å²) < 4.78 is 0. The van der Waals surface area contributed by atoms with Crippen LogP contribution in [0.25, 0.3) is 0 Å². The van der Waals surface area contributed by atoms with E-state index in [2.05, 4.69) is 32.6 Å². The first-order valence-corrected chi connectivity index (χ1v) is 8.81. The van der Waals surface area contributed by atoms with Crippen LogP contribution in [0.5, 0.6) is 0 Å². The van der Waals surface area contributed by atoms with Crippen LogP contribution in [0, 0.1) is 0 Å². The molecule has 1 rings (SSSR count). The van der Waals surface area contributed by atoms with E-state index in [9.17, 15) is 0 Å². The zero-order valence-electron chi connectivity index (χ0n) is 8.81. The van der Waals surface area contributed by atoms with Gasteiger partial charge in [0.2, 0.25) is 0 Å². The minimum Gasteiger partial charge on any atom is -0.278 e. The van der Waals surface area contributed by atoms with E-state index in [1.54, 1.807) is 0 Å². The van der Waals surface area contributed by atoms with Crippen molar-refractivity contribution in [3.8, 4) is 0 Å². The molecule has 0 radical (unpaired) electrons. The maximum absolute atomic E-state index is 2.58. The summed E-state index contributed by atoms with van der Waals surface area (Å²) in [5, 5.41) is 0.986. The van der Waals surface area contributed by atoms with Gasteiger partial charge >= 0.3 is 0 Å². The predicted octanol–water partition coefficient (Wildman–Crippen LogP) is 2.95. The Balaban J connectivity index is 2.74. The average Bonchev–Trinajstić information content (AvgIpc) is 2.41. The molecule has 0 N–H and O–H groups in total. The maximum atomic E-state index is 2.58. The fourth-order valence-electron chi connectivity index (χ4n) is 1.63. The number of hydrogen-bond acceptors (Lipinski definition) is 0. The molecule has 0 bridgehead atoms. The molecule has 1 atom stereocenters. The van der Waals surface area contributed by atoms with Gasteiger partial charge in [0.25, 0.3) is 0 Å². The topological polar surface area (TPSA) is 0 Å². The lowest BCUT2D eigenvalue weighted by atomic mass is 10.3. The Morgan fingerprint density at radius 3 is 1.91 bits per heavy atom. The van der Waals surface area contributed by atoms with Gasteiger partial charge in [0.1, 0.15) is 0 Å². The van der Waals surface area contributed by atoms with Crippen LogP contribution in [-0.2, 0) is 0 Å². The van der Waals surface area contributed by atoms with Crippen molar-refractivity contribution in [3.05, 3.63) is 0 Å². The second-order valence-electron chi connectivity index (χ2n) is 6.21. The number of hydrogen-bond donors (Lipinski definition) is 0. The molecular weight excluding hydrogens is 152 g/mol. The zero-order chi connectivity index (χ0) is 8.81. The maximum Gasteiger partial charge on any atom is -0.0253 e. The third kappa shape index (κ3) is 1.44. The van der Waals surface area contributed by atoms with Gasteiger partial charge in [-0.1, -0.05) is 20.3 Å². The third-order valence-electron chi connectivity index (χ3n) is 4.14. The molecule has 1 heteroatoms. The van der Waals surface area contributed by atoms with Crippen LogP contribution in [0.15, 0.2) is 0 Å². The van der Waals surface area contributed by atoms with E-state index in [0.717, 1.165) is 5.25 Å². The molecule has 0 aliphatic carbocycles. The molecule has 11 heavy (non-hydrogen) atoms. The van der Waals surface area contributed by atoms with Gasteiger partial charge in [0.05, 0.1) is 0 Å². The van der Waals surface area contributed by atoms with Crippen LogP contribution in [0.4, 0.5) is 0 Å². The van der Waals surface area contributed by atoms with Crippen molar-refractivity contribution in [2.75, 3.05) is 30.3 Å². The summed E-state index contributed by atoms with van der Waals surface area (Å²) >= 11 is 0. The van der Waals surface area contributed by atoms with Crippen molar-refractivity contribution in [3.63, 3.8) is 0 Å². The molecule has 0 saturated carbocycles. The summed E-state index contributed by atoms with van der Waals surface area (Å²) in [4.78, 5) is 0. The van der Waals surface area contributed by atoms with E-state index in [1.165, 1.54) is 24.3 Å². The van der Waals surface area contributed by atoms with Crippen LogP contribution in [0.2, 0.25) is 0 Å². The molecule has 1 unspecified atom stereocenters. The van der Waals surface area contributed by atoms with Crippen molar-refractivity contribution in [2.24, 2.45) is 0 Å². The van der Waals surface area contributed by atoms with Crippen molar-refractivity contribution in [2.45, 2.75) is 31.9 Å². The molecule has 0 nitrogen and oxygen atoms in total. The van der Waals surface area contributed by atoms with E-state index in [0.29, 0.717) is 0 Å².